The van der Waals surface area contributed by atoms with Gasteiger partial charge < -0.3 is 5.32 Å². The maximum absolute atomic E-state index is 11.6. The molecular formula is C10H8ClN3O. The second-order valence-corrected chi connectivity index (χ2v) is 3.95. The standard InChI is InChI=1S/C10H8ClN3O/c11-7-1-2-8(13-5-7)14-9(15)10(6-12)3-4-10/h1-2,5H,3-4H2,(H,13,14,15). The molecule has 1 aromatic rings. The van der Waals surface area contributed by atoms with Crippen LogP contribution >= 0.6 is 11.6 Å². The van der Waals surface area contributed by atoms with Crippen LogP contribution in [0.5, 0.6) is 0 Å². The van der Waals surface area contributed by atoms with Crippen LogP contribution in [0, 0.1) is 16.7 Å². The molecule has 0 atom stereocenters. The molecule has 1 aliphatic rings. The Bertz CT molecular complexity index is 431. The third-order valence-electron chi connectivity index (χ3n) is 2.37. The topological polar surface area (TPSA) is 65.8 Å². The van der Waals surface area contributed by atoms with Crippen molar-refractivity contribution in [3.8, 4) is 6.07 Å². The van der Waals surface area contributed by atoms with Gasteiger partial charge in [0.05, 0.1) is 11.1 Å². The van der Waals surface area contributed by atoms with Gasteiger partial charge in [-0.25, -0.2) is 4.98 Å². The largest absolute Gasteiger partial charge is 0.309 e. The van der Waals surface area contributed by atoms with Gasteiger partial charge in [-0.2, -0.15) is 5.26 Å². The Morgan fingerprint density at radius 2 is 2.33 bits per heavy atom. The number of nitrogens with one attached hydrogen (secondary N) is 1. The number of halogens is 1. The second kappa shape index (κ2) is 3.52. The molecule has 0 saturated heterocycles. The van der Waals surface area contributed by atoms with Gasteiger partial charge >= 0.3 is 0 Å². The van der Waals surface area contributed by atoms with E-state index in [9.17, 15) is 4.79 Å². The van der Waals surface area contributed by atoms with Crippen LogP contribution in [0.25, 0.3) is 0 Å². The van der Waals surface area contributed by atoms with Crippen molar-refractivity contribution in [3.63, 3.8) is 0 Å². The molecule has 5 heteroatoms. The molecule has 0 aromatic carbocycles. The minimum absolute atomic E-state index is 0.278. The highest BCUT2D eigenvalue weighted by atomic mass is 35.5. The van der Waals surface area contributed by atoms with Crippen LogP contribution < -0.4 is 5.32 Å². The van der Waals surface area contributed by atoms with Crippen LogP contribution in [0.4, 0.5) is 5.82 Å². The Morgan fingerprint density at radius 3 is 2.80 bits per heavy atom. The Balaban J connectivity index is 2.07. The van der Waals surface area contributed by atoms with Crippen LogP contribution in [0.15, 0.2) is 18.3 Å². The molecule has 0 bridgehead atoms. The lowest BCUT2D eigenvalue weighted by Crippen LogP contribution is -2.23. The van der Waals surface area contributed by atoms with Crippen molar-refractivity contribution in [1.82, 2.24) is 4.98 Å². The number of anilines is 1. The maximum atomic E-state index is 11.6. The number of amides is 1. The van der Waals surface area contributed by atoms with Gasteiger partial charge in [0, 0.05) is 6.20 Å². The summed E-state index contributed by atoms with van der Waals surface area (Å²) in [5, 5.41) is 11.9. The molecule has 1 fully saturated rings. The van der Waals surface area contributed by atoms with Crippen LogP contribution in [-0.4, -0.2) is 10.9 Å². The van der Waals surface area contributed by atoms with Gasteiger partial charge in [-0.3, -0.25) is 4.79 Å². The van der Waals surface area contributed by atoms with Crippen LogP contribution in [0.3, 0.4) is 0 Å². The first kappa shape index (κ1) is 9.94. The van der Waals surface area contributed by atoms with E-state index < -0.39 is 5.41 Å². The Labute approximate surface area is 91.9 Å². The number of rotatable bonds is 2. The van der Waals surface area contributed by atoms with E-state index in [2.05, 4.69) is 10.3 Å². The summed E-state index contributed by atoms with van der Waals surface area (Å²) in [5.74, 6) is 0.144. The molecule has 0 radical (unpaired) electrons. The van der Waals surface area contributed by atoms with Crippen LogP contribution in [0.1, 0.15) is 12.8 Å². The van der Waals surface area contributed by atoms with E-state index in [4.69, 9.17) is 16.9 Å². The number of carbonyl (C=O) groups is 1. The summed E-state index contributed by atoms with van der Waals surface area (Å²) in [7, 11) is 0. The highest BCUT2D eigenvalue weighted by molar-refractivity contribution is 6.30. The second-order valence-electron chi connectivity index (χ2n) is 3.51. The lowest BCUT2D eigenvalue weighted by molar-refractivity contribution is -0.119. The summed E-state index contributed by atoms with van der Waals surface area (Å²) in [4.78, 5) is 15.5. The summed E-state index contributed by atoms with van der Waals surface area (Å²) in [5.41, 5.74) is -0.818. The van der Waals surface area contributed by atoms with Gasteiger partial charge in [0.1, 0.15) is 11.2 Å². The Hall–Kier alpha value is -1.60. The molecule has 0 spiro atoms. The van der Waals surface area contributed by atoms with Gasteiger partial charge in [-0.05, 0) is 25.0 Å². The lowest BCUT2D eigenvalue weighted by Gasteiger charge is -2.06. The average Bonchev–Trinajstić information content (AvgIpc) is 3.02. The number of nitrogens with zero attached hydrogens (tertiary/aromatic N) is 2. The predicted molar refractivity (Wildman–Crippen MR) is 55.2 cm³/mol. The van der Waals surface area contributed by atoms with Crippen molar-refractivity contribution < 1.29 is 4.79 Å². The van der Waals surface area contributed by atoms with Crippen molar-refractivity contribution >= 4 is 23.3 Å². The number of carbonyl (C=O) groups excluding carboxylic acids is 1. The zero-order valence-electron chi connectivity index (χ0n) is 7.83. The van der Waals surface area contributed by atoms with Gasteiger partial charge in [0.25, 0.3) is 0 Å². The predicted octanol–water partition coefficient (Wildman–Crippen LogP) is 1.98. The third kappa shape index (κ3) is 1.92. The molecular weight excluding hydrogens is 214 g/mol. The molecule has 0 aliphatic heterocycles. The maximum Gasteiger partial charge on any atom is 0.246 e. The number of pyridine rings is 1. The van der Waals surface area contributed by atoms with Gasteiger partial charge in [0.2, 0.25) is 5.91 Å². The van der Waals surface area contributed by atoms with Gasteiger partial charge in [-0.15, -0.1) is 0 Å². The highest BCUT2D eigenvalue weighted by Gasteiger charge is 2.50. The van der Waals surface area contributed by atoms with Crippen LogP contribution in [-0.2, 0) is 4.79 Å². The molecule has 1 heterocycles. The van der Waals surface area contributed by atoms with E-state index in [0.29, 0.717) is 23.7 Å². The van der Waals surface area contributed by atoms with Crippen molar-refractivity contribution in [2.45, 2.75) is 12.8 Å². The molecule has 1 amide bonds. The van der Waals surface area contributed by atoms with Gasteiger partial charge in [-0.1, -0.05) is 11.6 Å². The fraction of sp³-hybridized carbons (Fsp3) is 0.300. The average molecular weight is 222 g/mol. The minimum atomic E-state index is -0.818. The highest BCUT2D eigenvalue weighted by Crippen LogP contribution is 2.45. The smallest absolute Gasteiger partial charge is 0.246 e. The van der Waals surface area contributed by atoms with Crippen LogP contribution in [0.2, 0.25) is 5.02 Å². The number of hydrogen-bond donors (Lipinski definition) is 1. The van der Waals surface area contributed by atoms with E-state index in [1.54, 1.807) is 12.1 Å². The molecule has 1 saturated carbocycles. The summed E-state index contributed by atoms with van der Waals surface area (Å²) >= 11 is 5.65. The zero-order chi connectivity index (χ0) is 10.9. The first-order chi connectivity index (χ1) is 7.16. The Kier molecular flexibility index (Phi) is 2.33. The number of nitriles is 1. The monoisotopic (exact) mass is 221 g/mol. The molecule has 1 aromatic heterocycles. The quantitative estimate of drug-likeness (QED) is 0.831. The zero-order valence-corrected chi connectivity index (χ0v) is 8.58. The van der Waals surface area contributed by atoms with E-state index in [1.165, 1.54) is 6.20 Å². The molecule has 2 rings (SSSR count). The summed E-state index contributed by atoms with van der Waals surface area (Å²) < 4.78 is 0. The summed E-state index contributed by atoms with van der Waals surface area (Å²) in [6.45, 7) is 0. The normalized spacial score (nSPS) is 16.5. The molecule has 4 nitrogen and oxygen atoms in total. The first-order valence-electron chi connectivity index (χ1n) is 4.50. The van der Waals surface area contributed by atoms with Crippen molar-refractivity contribution in [1.29, 1.82) is 5.26 Å². The molecule has 76 valence electrons. The van der Waals surface area contributed by atoms with E-state index >= 15 is 0 Å². The molecule has 1 N–H and O–H groups in total. The SMILES string of the molecule is N#CC1(C(=O)Nc2ccc(Cl)cn2)CC1. The Morgan fingerprint density at radius 1 is 1.60 bits per heavy atom. The molecule has 0 unspecified atom stereocenters. The first-order valence-corrected chi connectivity index (χ1v) is 4.88. The third-order valence-corrected chi connectivity index (χ3v) is 2.59. The van der Waals surface area contributed by atoms with Gasteiger partial charge in [0.15, 0.2) is 0 Å². The van der Waals surface area contributed by atoms with Crippen molar-refractivity contribution in [3.05, 3.63) is 23.4 Å². The van der Waals surface area contributed by atoms with E-state index in [-0.39, 0.29) is 5.91 Å². The fourth-order valence-corrected chi connectivity index (χ4v) is 1.31. The fourth-order valence-electron chi connectivity index (χ4n) is 1.20. The minimum Gasteiger partial charge on any atom is -0.309 e. The van der Waals surface area contributed by atoms with Crippen molar-refractivity contribution in [2.24, 2.45) is 5.41 Å². The summed E-state index contributed by atoms with van der Waals surface area (Å²) in [6.07, 6.45) is 2.70. The molecule has 1 aliphatic carbocycles. The van der Waals surface area contributed by atoms with E-state index in [1.807, 2.05) is 6.07 Å². The lowest BCUT2D eigenvalue weighted by atomic mass is 10.1. The van der Waals surface area contributed by atoms with E-state index in [0.717, 1.165) is 0 Å². The summed E-state index contributed by atoms with van der Waals surface area (Å²) in [6, 6.07) is 5.26. The number of hydrogen-bond acceptors (Lipinski definition) is 3. The number of aromatic nitrogens is 1. The van der Waals surface area contributed by atoms with Crippen molar-refractivity contribution in [2.75, 3.05) is 5.32 Å². The molecule has 15 heavy (non-hydrogen) atoms.